The van der Waals surface area contributed by atoms with E-state index in [0.29, 0.717) is 17.9 Å². The van der Waals surface area contributed by atoms with Crippen LogP contribution in [0.3, 0.4) is 0 Å². The molecule has 1 aromatic carbocycles. The molecule has 0 spiro atoms. The summed E-state index contributed by atoms with van der Waals surface area (Å²) in [6.07, 6.45) is 0.856. The van der Waals surface area contributed by atoms with Crippen LogP contribution in [0.2, 0.25) is 0 Å². The first-order chi connectivity index (χ1) is 6.20. The lowest BCUT2D eigenvalue weighted by Gasteiger charge is -2.11. The third-order valence-electron chi connectivity index (χ3n) is 2.30. The van der Waals surface area contributed by atoms with Crippen LogP contribution in [0.4, 0.5) is 4.39 Å². The predicted molar refractivity (Wildman–Crippen MR) is 48.2 cm³/mol. The molecular weight excluding hydrogens is 169 g/mol. The molecule has 70 valence electrons. The third-order valence-corrected chi connectivity index (χ3v) is 2.30. The van der Waals surface area contributed by atoms with E-state index in [4.69, 9.17) is 10.5 Å². The summed E-state index contributed by atoms with van der Waals surface area (Å²) in [5.74, 6) is 0.394. The van der Waals surface area contributed by atoms with E-state index in [9.17, 15) is 4.39 Å². The van der Waals surface area contributed by atoms with E-state index in [1.54, 1.807) is 13.0 Å². The Bertz CT molecular complexity index is 336. The SMILES string of the molecule is CC(N)c1c(F)ccc2c1OCC2. The Kier molecular flexibility index (Phi) is 1.96. The molecule has 0 aliphatic carbocycles. The number of fused-ring (bicyclic) bond motifs is 1. The maximum atomic E-state index is 13.3. The van der Waals surface area contributed by atoms with Crippen molar-refractivity contribution < 1.29 is 9.13 Å². The Balaban J connectivity index is 2.58. The maximum absolute atomic E-state index is 13.3. The van der Waals surface area contributed by atoms with Crippen LogP contribution in [0.25, 0.3) is 0 Å². The first-order valence-corrected chi connectivity index (χ1v) is 4.40. The molecule has 1 unspecified atom stereocenters. The highest BCUT2D eigenvalue weighted by Crippen LogP contribution is 2.34. The van der Waals surface area contributed by atoms with Crippen molar-refractivity contribution in [1.82, 2.24) is 0 Å². The van der Waals surface area contributed by atoms with Crippen molar-refractivity contribution in [2.75, 3.05) is 6.61 Å². The van der Waals surface area contributed by atoms with E-state index < -0.39 is 0 Å². The van der Waals surface area contributed by atoms with E-state index in [0.717, 1.165) is 12.0 Å². The lowest BCUT2D eigenvalue weighted by Crippen LogP contribution is -2.09. The summed E-state index contributed by atoms with van der Waals surface area (Å²) in [7, 11) is 0. The summed E-state index contributed by atoms with van der Waals surface area (Å²) < 4.78 is 18.7. The molecule has 2 rings (SSSR count). The molecule has 2 N–H and O–H groups in total. The monoisotopic (exact) mass is 181 g/mol. The molecule has 1 aliphatic rings. The van der Waals surface area contributed by atoms with Gasteiger partial charge in [-0.25, -0.2) is 4.39 Å². The summed E-state index contributed by atoms with van der Waals surface area (Å²) in [5, 5.41) is 0. The van der Waals surface area contributed by atoms with Crippen LogP contribution in [0, 0.1) is 5.82 Å². The van der Waals surface area contributed by atoms with Crippen LogP contribution in [-0.2, 0) is 6.42 Å². The van der Waals surface area contributed by atoms with E-state index >= 15 is 0 Å². The highest BCUT2D eigenvalue weighted by atomic mass is 19.1. The molecule has 3 heteroatoms. The van der Waals surface area contributed by atoms with Gasteiger partial charge in [-0.1, -0.05) is 6.07 Å². The minimum atomic E-state index is -0.312. The van der Waals surface area contributed by atoms with Crippen LogP contribution in [0.5, 0.6) is 5.75 Å². The first kappa shape index (κ1) is 8.51. The first-order valence-electron chi connectivity index (χ1n) is 4.40. The fourth-order valence-electron chi connectivity index (χ4n) is 1.68. The zero-order valence-electron chi connectivity index (χ0n) is 7.51. The van der Waals surface area contributed by atoms with Crippen molar-refractivity contribution in [2.45, 2.75) is 19.4 Å². The predicted octanol–water partition coefficient (Wildman–Crippen LogP) is 1.78. The van der Waals surface area contributed by atoms with Gasteiger partial charge in [0, 0.05) is 18.0 Å². The molecule has 1 heterocycles. The van der Waals surface area contributed by atoms with Crippen molar-refractivity contribution in [2.24, 2.45) is 5.73 Å². The summed E-state index contributed by atoms with van der Waals surface area (Å²) >= 11 is 0. The van der Waals surface area contributed by atoms with Gasteiger partial charge in [-0.05, 0) is 18.6 Å². The molecule has 2 nitrogen and oxygen atoms in total. The Hall–Kier alpha value is -1.09. The van der Waals surface area contributed by atoms with Gasteiger partial charge in [0.05, 0.1) is 6.61 Å². The number of ether oxygens (including phenoxy) is 1. The van der Waals surface area contributed by atoms with E-state index in [1.165, 1.54) is 6.07 Å². The van der Waals surface area contributed by atoms with Crippen molar-refractivity contribution in [3.05, 3.63) is 29.1 Å². The lowest BCUT2D eigenvalue weighted by atomic mass is 10.0. The van der Waals surface area contributed by atoms with Gasteiger partial charge in [-0.2, -0.15) is 0 Å². The number of rotatable bonds is 1. The van der Waals surface area contributed by atoms with E-state index in [1.807, 2.05) is 0 Å². The van der Waals surface area contributed by atoms with Gasteiger partial charge in [0.1, 0.15) is 11.6 Å². The molecule has 0 saturated carbocycles. The molecule has 0 aromatic heterocycles. The standard InChI is InChI=1S/C10H12FNO/c1-6(12)9-8(11)3-2-7-4-5-13-10(7)9/h2-3,6H,4-5,12H2,1H3. The fourth-order valence-corrected chi connectivity index (χ4v) is 1.68. The molecule has 0 saturated heterocycles. The van der Waals surface area contributed by atoms with Crippen LogP contribution in [0.1, 0.15) is 24.1 Å². The molecule has 0 bridgehead atoms. The van der Waals surface area contributed by atoms with Gasteiger partial charge in [0.2, 0.25) is 0 Å². The molecule has 1 atom stereocenters. The molecule has 0 radical (unpaired) electrons. The van der Waals surface area contributed by atoms with E-state index in [-0.39, 0.29) is 11.9 Å². The van der Waals surface area contributed by atoms with Crippen molar-refractivity contribution >= 4 is 0 Å². The molecular formula is C10H12FNO. The Morgan fingerprint density at radius 2 is 2.31 bits per heavy atom. The summed E-state index contributed by atoms with van der Waals surface area (Å²) in [5.41, 5.74) is 7.24. The van der Waals surface area contributed by atoms with Crippen molar-refractivity contribution in [3.63, 3.8) is 0 Å². The zero-order chi connectivity index (χ0) is 9.42. The van der Waals surface area contributed by atoms with Crippen LogP contribution >= 0.6 is 0 Å². The second-order valence-corrected chi connectivity index (χ2v) is 3.34. The minimum Gasteiger partial charge on any atom is -0.492 e. The molecule has 1 aliphatic heterocycles. The summed E-state index contributed by atoms with van der Waals surface area (Å²) in [6, 6.07) is 2.92. The highest BCUT2D eigenvalue weighted by Gasteiger charge is 2.21. The van der Waals surface area contributed by atoms with Gasteiger partial charge in [-0.3, -0.25) is 0 Å². The van der Waals surface area contributed by atoms with E-state index in [2.05, 4.69) is 0 Å². The Morgan fingerprint density at radius 3 is 3.00 bits per heavy atom. The second-order valence-electron chi connectivity index (χ2n) is 3.34. The maximum Gasteiger partial charge on any atom is 0.131 e. The average molecular weight is 181 g/mol. The van der Waals surface area contributed by atoms with Gasteiger partial charge < -0.3 is 10.5 Å². The molecule has 0 amide bonds. The smallest absolute Gasteiger partial charge is 0.131 e. The normalized spacial score (nSPS) is 16.5. The largest absolute Gasteiger partial charge is 0.492 e. The van der Waals surface area contributed by atoms with Gasteiger partial charge >= 0.3 is 0 Å². The number of benzene rings is 1. The van der Waals surface area contributed by atoms with Crippen LogP contribution in [0.15, 0.2) is 12.1 Å². The van der Waals surface area contributed by atoms with Crippen molar-refractivity contribution in [3.8, 4) is 5.75 Å². The summed E-state index contributed by atoms with van der Waals surface area (Å²) in [6.45, 7) is 2.40. The Labute approximate surface area is 76.5 Å². The summed E-state index contributed by atoms with van der Waals surface area (Å²) in [4.78, 5) is 0. The zero-order valence-corrected chi connectivity index (χ0v) is 7.51. The number of nitrogens with two attached hydrogens (primary N) is 1. The number of hydrogen-bond donors (Lipinski definition) is 1. The van der Waals surface area contributed by atoms with Gasteiger partial charge in [0.15, 0.2) is 0 Å². The second kappa shape index (κ2) is 3.00. The van der Waals surface area contributed by atoms with Gasteiger partial charge in [-0.15, -0.1) is 0 Å². The van der Waals surface area contributed by atoms with Crippen molar-refractivity contribution in [1.29, 1.82) is 0 Å². The third kappa shape index (κ3) is 1.29. The highest BCUT2D eigenvalue weighted by molar-refractivity contribution is 5.46. The molecule has 1 aromatic rings. The lowest BCUT2D eigenvalue weighted by molar-refractivity contribution is 0.349. The number of hydrogen-bond acceptors (Lipinski definition) is 2. The van der Waals surface area contributed by atoms with Gasteiger partial charge in [0.25, 0.3) is 0 Å². The minimum absolute atomic E-state index is 0.268. The quantitative estimate of drug-likeness (QED) is 0.716. The Morgan fingerprint density at radius 1 is 1.54 bits per heavy atom. The van der Waals surface area contributed by atoms with Crippen LogP contribution < -0.4 is 10.5 Å². The van der Waals surface area contributed by atoms with Crippen LogP contribution in [-0.4, -0.2) is 6.61 Å². The molecule has 0 fully saturated rings. The average Bonchev–Trinajstić information content (AvgIpc) is 2.50. The number of halogens is 1. The fraction of sp³-hybridized carbons (Fsp3) is 0.400. The topological polar surface area (TPSA) is 35.2 Å². The molecule has 13 heavy (non-hydrogen) atoms.